The molecule has 0 spiro atoms. The number of carbonyl (C=O) groups is 2. The molecule has 0 saturated carbocycles. The van der Waals surface area contributed by atoms with Gasteiger partial charge in [0.15, 0.2) is 0 Å². The number of amides is 1. The Hall–Kier alpha value is -5.23. The van der Waals surface area contributed by atoms with Crippen molar-refractivity contribution in [3.63, 3.8) is 0 Å². The summed E-state index contributed by atoms with van der Waals surface area (Å²) in [7, 11) is 2.83. The summed E-state index contributed by atoms with van der Waals surface area (Å²) in [6.07, 6.45) is -0.0360. The normalized spacial score (nSPS) is 11.1. The third kappa shape index (κ3) is 6.40. The summed E-state index contributed by atoms with van der Waals surface area (Å²) >= 11 is 0. The molecule has 0 saturated heterocycles. The lowest BCUT2D eigenvalue weighted by atomic mass is 10.0. The van der Waals surface area contributed by atoms with Crippen molar-refractivity contribution in [2.45, 2.75) is 19.6 Å². The fourth-order valence-electron chi connectivity index (χ4n) is 4.69. The number of carbonyl (C=O) groups excluding carboxylic acids is 2. The number of imidazole rings is 1. The van der Waals surface area contributed by atoms with Crippen LogP contribution < -0.4 is 10.5 Å². The van der Waals surface area contributed by atoms with Gasteiger partial charge in [0.2, 0.25) is 11.8 Å². The molecule has 0 aliphatic carbocycles. The van der Waals surface area contributed by atoms with E-state index in [1.54, 1.807) is 35.9 Å². The number of ether oxygens (including phenoxy) is 3. The summed E-state index contributed by atoms with van der Waals surface area (Å²) in [5.74, 6) is -2.83. The monoisotopic (exact) mass is 604 g/mol. The van der Waals surface area contributed by atoms with Gasteiger partial charge in [-0.1, -0.05) is 12.1 Å². The summed E-state index contributed by atoms with van der Waals surface area (Å²) in [6, 6.07) is 15.3. The van der Waals surface area contributed by atoms with Gasteiger partial charge < -0.3 is 24.5 Å². The number of hydrogen-bond acceptors (Lipinski definition) is 7. The number of nitrogens with zero attached hydrogens (tertiary/aromatic N) is 3. The third-order valence-corrected chi connectivity index (χ3v) is 6.96. The van der Waals surface area contributed by atoms with E-state index in [9.17, 15) is 14.0 Å². The van der Waals surface area contributed by atoms with Gasteiger partial charge in [-0.3, -0.25) is 4.79 Å². The second-order valence-corrected chi connectivity index (χ2v) is 9.79. The molecule has 0 unspecified atom stereocenters. The van der Waals surface area contributed by atoms with E-state index in [0.29, 0.717) is 35.6 Å². The predicted molar refractivity (Wildman–Crippen MR) is 155 cm³/mol. The van der Waals surface area contributed by atoms with Crippen molar-refractivity contribution < 1.29 is 37.0 Å². The minimum Gasteiger partial charge on any atom is -0.473 e. The van der Waals surface area contributed by atoms with Crippen LogP contribution in [0.2, 0.25) is 0 Å². The molecule has 1 amide bonds. The zero-order valence-electron chi connectivity index (χ0n) is 23.8. The smallest absolute Gasteiger partial charge is 0.337 e. The zero-order valence-corrected chi connectivity index (χ0v) is 23.8. The molecule has 226 valence electrons. The Morgan fingerprint density at radius 3 is 2.36 bits per heavy atom. The molecule has 3 aromatic carbocycles. The Bertz CT molecular complexity index is 1880. The Balaban J connectivity index is 1.39. The average molecular weight is 605 g/mol. The van der Waals surface area contributed by atoms with Gasteiger partial charge in [-0.15, -0.1) is 0 Å². The molecule has 12 heteroatoms. The third-order valence-electron chi connectivity index (χ3n) is 6.96. The Morgan fingerprint density at radius 2 is 1.64 bits per heavy atom. The number of primary amides is 1. The summed E-state index contributed by atoms with van der Waals surface area (Å²) in [6.45, 7) is 0.472. The molecular formula is C32H27F3N4O5. The van der Waals surface area contributed by atoms with E-state index in [4.69, 9.17) is 19.9 Å². The summed E-state index contributed by atoms with van der Waals surface area (Å²) < 4.78 is 62.6. The van der Waals surface area contributed by atoms with Crippen LogP contribution in [0.1, 0.15) is 37.7 Å². The Kier molecular flexibility index (Phi) is 8.91. The van der Waals surface area contributed by atoms with Crippen LogP contribution in [0.15, 0.2) is 66.7 Å². The quantitative estimate of drug-likeness (QED) is 0.206. The van der Waals surface area contributed by atoms with E-state index in [0.717, 1.165) is 18.2 Å². The van der Waals surface area contributed by atoms with Crippen molar-refractivity contribution in [1.82, 2.24) is 14.5 Å². The van der Waals surface area contributed by atoms with E-state index < -0.39 is 29.3 Å². The number of methoxy groups -OCH3 is 2. The lowest BCUT2D eigenvalue weighted by molar-refractivity contribution is 0.0600. The van der Waals surface area contributed by atoms with Crippen LogP contribution >= 0.6 is 0 Å². The van der Waals surface area contributed by atoms with Crippen LogP contribution in [0.5, 0.6) is 5.88 Å². The van der Waals surface area contributed by atoms with Crippen LogP contribution in [0.4, 0.5) is 13.2 Å². The predicted octanol–water partition coefficient (Wildman–Crippen LogP) is 5.22. The van der Waals surface area contributed by atoms with Crippen molar-refractivity contribution in [3.05, 3.63) is 112 Å². The number of rotatable bonds is 11. The number of halogens is 3. The lowest BCUT2D eigenvalue weighted by Gasteiger charge is -2.12. The fourth-order valence-corrected chi connectivity index (χ4v) is 4.69. The molecule has 2 aromatic heterocycles. The minimum atomic E-state index is -0.759. The van der Waals surface area contributed by atoms with Gasteiger partial charge in [-0.2, -0.15) is 0 Å². The highest BCUT2D eigenvalue weighted by atomic mass is 19.1. The van der Waals surface area contributed by atoms with Gasteiger partial charge in [-0.25, -0.2) is 27.9 Å². The molecule has 9 nitrogen and oxygen atoms in total. The molecule has 0 aliphatic rings. The Morgan fingerprint density at radius 1 is 0.864 bits per heavy atom. The van der Waals surface area contributed by atoms with Gasteiger partial charge in [0.25, 0.3) is 0 Å². The molecule has 0 fully saturated rings. The first-order valence-corrected chi connectivity index (χ1v) is 13.4. The number of pyridine rings is 1. The van der Waals surface area contributed by atoms with E-state index in [2.05, 4.69) is 9.97 Å². The number of esters is 1. The topological polar surface area (TPSA) is 119 Å². The maximum absolute atomic E-state index is 15.4. The maximum atomic E-state index is 15.4. The van der Waals surface area contributed by atoms with Crippen LogP contribution in [0.25, 0.3) is 22.3 Å². The number of fused-ring (bicyclic) bond motifs is 1. The number of benzene rings is 3. The van der Waals surface area contributed by atoms with E-state index in [1.165, 1.54) is 31.4 Å². The van der Waals surface area contributed by atoms with E-state index >= 15 is 8.78 Å². The first kappa shape index (κ1) is 30.2. The highest BCUT2D eigenvalue weighted by Crippen LogP contribution is 2.28. The first-order valence-electron chi connectivity index (χ1n) is 13.4. The standard InChI is InChI=1S/C32H27F3N4O5/c1-42-11-10-39-28-14-19(32(41)43-2)8-9-27(28)37-29(39)15-21-13-25(35)22(16-24(21)34)26-4-3-5-30(38-26)44-17-20-7-6-18(31(36)40)12-23(20)33/h3-9,12-14,16H,10-11,15,17H2,1-2H3,(H2,36,40). The summed E-state index contributed by atoms with van der Waals surface area (Å²) in [5.41, 5.74) is 6.96. The Labute approximate surface area is 250 Å². The molecule has 5 rings (SSSR count). The SMILES string of the molecule is COCCn1c(Cc2cc(F)c(-c3cccc(OCc4ccc(C(N)=O)cc4F)n3)cc2F)nc2ccc(C(=O)OC)cc21. The molecular weight excluding hydrogens is 577 g/mol. The molecule has 2 heterocycles. The highest BCUT2D eigenvalue weighted by molar-refractivity contribution is 5.94. The van der Waals surface area contributed by atoms with Crippen molar-refractivity contribution in [2.75, 3.05) is 20.8 Å². The number of aromatic nitrogens is 3. The largest absolute Gasteiger partial charge is 0.473 e. The van der Waals surface area contributed by atoms with Gasteiger partial charge in [0.1, 0.15) is 29.9 Å². The summed E-state index contributed by atoms with van der Waals surface area (Å²) in [5, 5.41) is 0. The first-order chi connectivity index (χ1) is 21.2. The van der Waals surface area contributed by atoms with Crippen LogP contribution in [-0.2, 0) is 29.0 Å². The molecule has 0 aliphatic heterocycles. The van der Waals surface area contributed by atoms with Gasteiger partial charge in [0, 0.05) is 42.8 Å². The van der Waals surface area contributed by atoms with Crippen LogP contribution in [-0.4, -0.2) is 47.2 Å². The van der Waals surface area contributed by atoms with Crippen LogP contribution in [0.3, 0.4) is 0 Å². The van der Waals surface area contributed by atoms with Crippen molar-refractivity contribution >= 4 is 22.9 Å². The average Bonchev–Trinajstić information content (AvgIpc) is 3.36. The van der Waals surface area contributed by atoms with Gasteiger partial charge in [0.05, 0.1) is 36.0 Å². The zero-order chi connectivity index (χ0) is 31.4. The maximum Gasteiger partial charge on any atom is 0.337 e. The second kappa shape index (κ2) is 13.0. The van der Waals surface area contributed by atoms with Crippen molar-refractivity contribution in [3.8, 4) is 17.1 Å². The lowest BCUT2D eigenvalue weighted by Crippen LogP contribution is -2.12. The highest BCUT2D eigenvalue weighted by Gasteiger charge is 2.19. The summed E-state index contributed by atoms with van der Waals surface area (Å²) in [4.78, 5) is 32.2. The molecule has 2 N–H and O–H groups in total. The fraction of sp³-hybridized carbons (Fsp3) is 0.188. The second-order valence-electron chi connectivity index (χ2n) is 9.79. The molecule has 0 atom stereocenters. The minimum absolute atomic E-state index is 0.0206. The number of hydrogen-bond donors (Lipinski definition) is 1. The molecule has 0 bridgehead atoms. The van der Waals surface area contributed by atoms with E-state index in [1.807, 2.05) is 0 Å². The van der Waals surface area contributed by atoms with Crippen molar-refractivity contribution in [1.29, 1.82) is 0 Å². The van der Waals surface area contributed by atoms with Gasteiger partial charge >= 0.3 is 5.97 Å². The van der Waals surface area contributed by atoms with Crippen molar-refractivity contribution in [2.24, 2.45) is 5.73 Å². The van der Waals surface area contributed by atoms with Gasteiger partial charge in [-0.05, 0) is 54.1 Å². The molecule has 0 radical (unpaired) electrons. The van der Waals surface area contributed by atoms with Crippen LogP contribution in [0, 0.1) is 17.5 Å². The molecule has 5 aromatic rings. The molecule has 44 heavy (non-hydrogen) atoms. The number of nitrogens with two attached hydrogens (primary N) is 1. The van der Waals surface area contributed by atoms with E-state index in [-0.39, 0.29) is 46.9 Å².